The fraction of sp³-hybridized carbons (Fsp3) is 0.708. The number of benzene rings is 1. The third-order valence-electron chi connectivity index (χ3n) is 7.51. The van der Waals surface area contributed by atoms with Gasteiger partial charge in [-0.05, 0) is 86.2 Å². The molecule has 1 unspecified atom stereocenters. The Bertz CT molecular complexity index is 693. The largest absolute Gasteiger partial charge is 0.461 e. The summed E-state index contributed by atoms with van der Waals surface area (Å²) in [5.74, 6) is 0.0623. The standard InChI is InChI=1S/C24H32F2O2/c1-2-3-15-4-6-16(7-5-15)19-12-13-20(24(26)23(19)25)17-8-10-18(11-9-17)21-14-22(27)28-21/h12-13,15-18,21H,2-11,14H2,1H3. The van der Waals surface area contributed by atoms with Crippen LogP contribution in [0.1, 0.15) is 101 Å². The van der Waals surface area contributed by atoms with Crippen LogP contribution in [-0.4, -0.2) is 12.1 Å². The second-order valence-corrected chi connectivity index (χ2v) is 9.22. The summed E-state index contributed by atoms with van der Waals surface area (Å²) in [7, 11) is 0. The van der Waals surface area contributed by atoms with Crippen LogP contribution in [0.5, 0.6) is 0 Å². The molecule has 4 heteroatoms. The number of hydrogen-bond acceptors (Lipinski definition) is 2. The Kier molecular flexibility index (Phi) is 6.03. The summed E-state index contributed by atoms with van der Waals surface area (Å²) in [5, 5.41) is 0. The Morgan fingerprint density at radius 3 is 1.86 bits per heavy atom. The van der Waals surface area contributed by atoms with E-state index in [1.165, 1.54) is 12.8 Å². The number of rotatable bonds is 5. The molecule has 2 nitrogen and oxygen atoms in total. The van der Waals surface area contributed by atoms with Crippen molar-refractivity contribution in [1.82, 2.24) is 0 Å². The lowest BCUT2D eigenvalue weighted by Gasteiger charge is -2.37. The number of halogens is 2. The number of hydrogen-bond donors (Lipinski definition) is 0. The second kappa shape index (κ2) is 8.51. The van der Waals surface area contributed by atoms with E-state index in [1.54, 1.807) is 0 Å². The highest BCUT2D eigenvalue weighted by Crippen LogP contribution is 2.43. The minimum absolute atomic E-state index is 0.0558. The predicted octanol–water partition coefficient (Wildman–Crippen LogP) is 6.63. The van der Waals surface area contributed by atoms with Crippen molar-refractivity contribution < 1.29 is 18.3 Å². The summed E-state index contributed by atoms with van der Waals surface area (Å²) in [6.45, 7) is 2.21. The smallest absolute Gasteiger partial charge is 0.309 e. The molecule has 0 aromatic heterocycles. The van der Waals surface area contributed by atoms with Crippen molar-refractivity contribution >= 4 is 5.97 Å². The lowest BCUT2D eigenvalue weighted by molar-refractivity contribution is -0.176. The van der Waals surface area contributed by atoms with Crippen LogP contribution in [-0.2, 0) is 9.53 Å². The maximum atomic E-state index is 14.9. The lowest BCUT2D eigenvalue weighted by atomic mass is 9.74. The Hall–Kier alpha value is -1.45. The normalized spacial score (nSPS) is 33.2. The minimum Gasteiger partial charge on any atom is -0.461 e. The molecule has 0 radical (unpaired) electrons. The Morgan fingerprint density at radius 1 is 0.893 bits per heavy atom. The van der Waals surface area contributed by atoms with Crippen molar-refractivity contribution in [3.63, 3.8) is 0 Å². The molecule has 0 N–H and O–H groups in total. The molecule has 1 aromatic rings. The third kappa shape index (κ3) is 3.97. The average Bonchev–Trinajstić information content (AvgIpc) is 2.69. The van der Waals surface area contributed by atoms with Gasteiger partial charge in [0.05, 0.1) is 6.42 Å². The molecule has 1 aromatic carbocycles. The van der Waals surface area contributed by atoms with Gasteiger partial charge in [0.1, 0.15) is 6.10 Å². The number of cyclic esters (lactones) is 1. The van der Waals surface area contributed by atoms with Crippen molar-refractivity contribution in [2.75, 3.05) is 0 Å². The first-order valence-electron chi connectivity index (χ1n) is 11.2. The van der Waals surface area contributed by atoms with Crippen LogP contribution in [0.15, 0.2) is 12.1 Å². The van der Waals surface area contributed by atoms with Gasteiger partial charge in [-0.3, -0.25) is 4.79 Å². The average molecular weight is 391 g/mol. The van der Waals surface area contributed by atoms with Crippen LogP contribution >= 0.6 is 0 Å². The zero-order chi connectivity index (χ0) is 19.7. The van der Waals surface area contributed by atoms with Crippen molar-refractivity contribution in [1.29, 1.82) is 0 Å². The van der Waals surface area contributed by atoms with Gasteiger partial charge in [0.25, 0.3) is 0 Å². The summed E-state index contributed by atoms with van der Waals surface area (Å²) in [6.07, 6.45) is 10.8. The topological polar surface area (TPSA) is 26.3 Å². The van der Waals surface area contributed by atoms with Gasteiger partial charge in [0.15, 0.2) is 11.6 Å². The minimum atomic E-state index is -0.619. The first kappa shape index (κ1) is 19.8. The zero-order valence-corrected chi connectivity index (χ0v) is 16.9. The van der Waals surface area contributed by atoms with E-state index in [0.29, 0.717) is 23.5 Å². The first-order valence-corrected chi connectivity index (χ1v) is 11.2. The number of carbonyl (C=O) groups is 1. The van der Waals surface area contributed by atoms with Crippen LogP contribution < -0.4 is 0 Å². The van der Waals surface area contributed by atoms with Gasteiger partial charge < -0.3 is 4.74 Å². The highest BCUT2D eigenvalue weighted by atomic mass is 19.2. The lowest BCUT2D eigenvalue weighted by Crippen LogP contribution is -2.40. The number of esters is 1. The van der Waals surface area contributed by atoms with Gasteiger partial charge in [0.2, 0.25) is 0 Å². The predicted molar refractivity (Wildman–Crippen MR) is 105 cm³/mol. The summed E-state index contributed by atoms with van der Waals surface area (Å²) >= 11 is 0. The highest BCUT2D eigenvalue weighted by molar-refractivity contribution is 5.75. The van der Waals surface area contributed by atoms with Crippen molar-refractivity contribution in [2.24, 2.45) is 11.8 Å². The molecule has 2 saturated carbocycles. The third-order valence-corrected chi connectivity index (χ3v) is 7.51. The SMILES string of the molecule is CCCC1CCC(c2ccc(C3CCC(C4CC(=O)O4)CC3)c(F)c2F)CC1. The van der Waals surface area contributed by atoms with Crippen LogP contribution in [0.3, 0.4) is 0 Å². The van der Waals surface area contributed by atoms with E-state index in [1.807, 2.05) is 12.1 Å². The molecular formula is C24H32F2O2. The maximum absolute atomic E-state index is 14.9. The highest BCUT2D eigenvalue weighted by Gasteiger charge is 2.38. The molecule has 1 atom stereocenters. The number of carbonyl (C=O) groups excluding carboxylic acids is 1. The van der Waals surface area contributed by atoms with Crippen LogP contribution in [0.4, 0.5) is 8.78 Å². The first-order chi connectivity index (χ1) is 13.6. The quantitative estimate of drug-likeness (QED) is 0.528. The molecule has 4 rings (SSSR count). The van der Waals surface area contributed by atoms with Gasteiger partial charge in [0, 0.05) is 0 Å². The van der Waals surface area contributed by atoms with Crippen LogP contribution in [0.25, 0.3) is 0 Å². The molecule has 3 fully saturated rings. The van der Waals surface area contributed by atoms with Crippen LogP contribution in [0.2, 0.25) is 0 Å². The van der Waals surface area contributed by atoms with E-state index < -0.39 is 11.6 Å². The van der Waals surface area contributed by atoms with E-state index in [0.717, 1.165) is 57.3 Å². The van der Waals surface area contributed by atoms with Crippen LogP contribution in [0, 0.1) is 23.5 Å². The second-order valence-electron chi connectivity index (χ2n) is 9.22. The van der Waals surface area contributed by atoms with Gasteiger partial charge in [-0.15, -0.1) is 0 Å². The summed E-state index contributed by atoms with van der Waals surface area (Å²) in [5.41, 5.74) is 1.14. The molecule has 1 heterocycles. The molecule has 0 spiro atoms. The number of ether oxygens (including phenoxy) is 1. The monoisotopic (exact) mass is 390 g/mol. The zero-order valence-electron chi connectivity index (χ0n) is 16.9. The van der Waals surface area contributed by atoms with E-state index in [-0.39, 0.29) is 23.9 Å². The maximum Gasteiger partial charge on any atom is 0.309 e. The van der Waals surface area contributed by atoms with Gasteiger partial charge >= 0.3 is 5.97 Å². The summed E-state index contributed by atoms with van der Waals surface area (Å²) < 4.78 is 35.1. The molecular weight excluding hydrogens is 358 g/mol. The van der Waals surface area contributed by atoms with E-state index in [9.17, 15) is 13.6 Å². The Morgan fingerprint density at radius 2 is 1.39 bits per heavy atom. The fourth-order valence-corrected chi connectivity index (χ4v) is 5.77. The van der Waals surface area contributed by atoms with E-state index in [4.69, 9.17) is 4.74 Å². The van der Waals surface area contributed by atoms with Crippen molar-refractivity contribution in [3.8, 4) is 0 Å². The molecule has 0 amide bonds. The molecule has 1 saturated heterocycles. The molecule has 28 heavy (non-hydrogen) atoms. The molecule has 154 valence electrons. The molecule has 3 aliphatic rings. The van der Waals surface area contributed by atoms with Gasteiger partial charge in [-0.25, -0.2) is 8.78 Å². The van der Waals surface area contributed by atoms with Gasteiger partial charge in [-0.1, -0.05) is 31.9 Å². The van der Waals surface area contributed by atoms with Crippen molar-refractivity contribution in [2.45, 2.75) is 95.5 Å². The van der Waals surface area contributed by atoms with Gasteiger partial charge in [-0.2, -0.15) is 0 Å². The Balaban J connectivity index is 1.39. The van der Waals surface area contributed by atoms with E-state index in [2.05, 4.69) is 6.92 Å². The van der Waals surface area contributed by atoms with E-state index >= 15 is 0 Å². The Labute approximate surface area is 167 Å². The molecule has 2 aliphatic carbocycles. The molecule has 0 bridgehead atoms. The fourth-order valence-electron chi connectivity index (χ4n) is 5.77. The van der Waals surface area contributed by atoms with Crippen molar-refractivity contribution in [3.05, 3.63) is 34.9 Å². The summed E-state index contributed by atoms with van der Waals surface area (Å²) in [6, 6.07) is 3.71. The summed E-state index contributed by atoms with van der Waals surface area (Å²) in [4.78, 5) is 11.0. The molecule has 1 aliphatic heterocycles.